The molecule has 0 fully saturated rings. The molecule has 0 aliphatic rings. The molecule has 0 aromatic rings. The Hall–Kier alpha value is -0.570. The van der Waals surface area contributed by atoms with Gasteiger partial charge in [0.15, 0.2) is 0 Å². The third-order valence-electron chi connectivity index (χ3n) is 0.964. The summed E-state index contributed by atoms with van der Waals surface area (Å²) in [5, 5.41) is 11.6. The maximum Gasteiger partial charge on any atom is 0.207 e. The van der Waals surface area contributed by atoms with Crippen LogP contribution in [0.4, 0.5) is 0 Å². The van der Waals surface area contributed by atoms with E-state index in [1.807, 2.05) is 0 Å². The summed E-state index contributed by atoms with van der Waals surface area (Å²) in [6.45, 7) is 3.95. The largest absolute Gasteiger partial charge is 0.390 e. The molecule has 3 heteroatoms. The molecule has 0 spiro atoms. The Bertz CT molecular complexity index is 85.5. The van der Waals surface area contributed by atoms with Crippen LogP contribution < -0.4 is 5.32 Å². The topological polar surface area (TPSA) is 49.3 Å². The monoisotopic (exact) mass is 131 g/mol. The van der Waals surface area contributed by atoms with Gasteiger partial charge in [0.1, 0.15) is 0 Å². The second-order valence-electron chi connectivity index (χ2n) is 2.63. The third kappa shape index (κ3) is 7.43. The zero-order valence-corrected chi connectivity index (χ0v) is 5.85. The number of carbonyl (C=O) groups is 1. The summed E-state index contributed by atoms with van der Waals surface area (Å²) in [7, 11) is 0. The van der Waals surface area contributed by atoms with Gasteiger partial charge in [-0.25, -0.2) is 0 Å². The molecule has 0 saturated heterocycles. The van der Waals surface area contributed by atoms with Gasteiger partial charge in [-0.1, -0.05) is 0 Å². The zero-order chi connectivity index (χ0) is 7.33. The second kappa shape index (κ2) is 3.45. The maximum atomic E-state index is 9.70. The molecule has 0 bridgehead atoms. The van der Waals surface area contributed by atoms with Crippen molar-refractivity contribution in [2.75, 3.05) is 6.54 Å². The minimum absolute atomic E-state index is 0.535. The standard InChI is InChI=1S/C6H13NO2/c1-6(2,9)3-4-7-5-8/h5,9H,3-4H2,1-2H3,(H,7,8). The molecule has 3 nitrogen and oxygen atoms in total. The van der Waals surface area contributed by atoms with Crippen molar-refractivity contribution in [3.8, 4) is 0 Å². The number of hydrogen-bond donors (Lipinski definition) is 2. The van der Waals surface area contributed by atoms with E-state index in [1.54, 1.807) is 13.8 Å². The molecule has 0 saturated carbocycles. The highest BCUT2D eigenvalue weighted by Gasteiger charge is 2.10. The second-order valence-corrected chi connectivity index (χ2v) is 2.63. The van der Waals surface area contributed by atoms with Gasteiger partial charge in [-0.2, -0.15) is 0 Å². The van der Waals surface area contributed by atoms with Crippen LogP contribution in [0.25, 0.3) is 0 Å². The number of nitrogens with one attached hydrogen (secondary N) is 1. The minimum atomic E-state index is -0.671. The zero-order valence-electron chi connectivity index (χ0n) is 5.85. The van der Waals surface area contributed by atoms with E-state index in [0.717, 1.165) is 0 Å². The molecule has 0 aromatic carbocycles. The first-order chi connectivity index (χ1) is 4.06. The highest BCUT2D eigenvalue weighted by Crippen LogP contribution is 2.04. The van der Waals surface area contributed by atoms with Gasteiger partial charge in [-0.3, -0.25) is 4.79 Å². The Morgan fingerprint density at radius 3 is 2.56 bits per heavy atom. The Labute approximate surface area is 55.1 Å². The van der Waals surface area contributed by atoms with Crippen LogP contribution in [0.5, 0.6) is 0 Å². The molecular weight excluding hydrogens is 118 g/mol. The van der Waals surface area contributed by atoms with Gasteiger partial charge in [0.25, 0.3) is 0 Å². The van der Waals surface area contributed by atoms with Crippen molar-refractivity contribution in [2.24, 2.45) is 0 Å². The van der Waals surface area contributed by atoms with Crippen molar-refractivity contribution in [3.63, 3.8) is 0 Å². The van der Waals surface area contributed by atoms with Crippen LogP contribution in [0, 0.1) is 0 Å². The average molecular weight is 131 g/mol. The van der Waals surface area contributed by atoms with E-state index in [4.69, 9.17) is 5.11 Å². The molecule has 0 heterocycles. The van der Waals surface area contributed by atoms with Crippen LogP contribution in [0.2, 0.25) is 0 Å². The smallest absolute Gasteiger partial charge is 0.207 e. The van der Waals surface area contributed by atoms with Gasteiger partial charge in [-0.15, -0.1) is 0 Å². The predicted octanol–water partition coefficient (Wildman–Crippen LogP) is -0.107. The lowest BCUT2D eigenvalue weighted by molar-refractivity contribution is -0.109. The van der Waals surface area contributed by atoms with E-state index in [0.29, 0.717) is 19.4 Å². The van der Waals surface area contributed by atoms with Crippen molar-refractivity contribution in [3.05, 3.63) is 0 Å². The Balaban J connectivity index is 3.17. The molecule has 0 unspecified atom stereocenters. The molecule has 54 valence electrons. The van der Waals surface area contributed by atoms with Crippen molar-refractivity contribution < 1.29 is 9.90 Å². The fourth-order valence-electron chi connectivity index (χ4n) is 0.437. The molecule has 0 aliphatic carbocycles. The molecule has 0 atom stereocenters. The summed E-state index contributed by atoms with van der Waals surface area (Å²) in [5.74, 6) is 0. The predicted molar refractivity (Wildman–Crippen MR) is 35.0 cm³/mol. The summed E-state index contributed by atoms with van der Waals surface area (Å²) in [5.41, 5.74) is -0.671. The maximum absolute atomic E-state index is 9.70. The Kier molecular flexibility index (Phi) is 3.24. The number of carbonyl (C=O) groups excluding carboxylic acids is 1. The highest BCUT2D eigenvalue weighted by molar-refractivity contribution is 5.45. The van der Waals surface area contributed by atoms with Crippen molar-refractivity contribution >= 4 is 6.41 Å². The molecule has 0 aromatic heterocycles. The summed E-state index contributed by atoms with van der Waals surface area (Å²) >= 11 is 0. The lowest BCUT2D eigenvalue weighted by Gasteiger charge is -2.15. The molecule has 0 aliphatic heterocycles. The highest BCUT2D eigenvalue weighted by atomic mass is 16.3. The van der Waals surface area contributed by atoms with Gasteiger partial charge in [0.2, 0.25) is 6.41 Å². The minimum Gasteiger partial charge on any atom is -0.390 e. The molecular formula is C6H13NO2. The average Bonchev–Trinajstić information content (AvgIpc) is 1.63. The lowest BCUT2D eigenvalue weighted by atomic mass is 10.1. The van der Waals surface area contributed by atoms with Gasteiger partial charge >= 0.3 is 0 Å². The molecule has 0 rings (SSSR count). The van der Waals surface area contributed by atoms with Gasteiger partial charge < -0.3 is 10.4 Å². The van der Waals surface area contributed by atoms with Crippen LogP contribution in [-0.2, 0) is 4.79 Å². The number of hydrogen-bond acceptors (Lipinski definition) is 2. The fraction of sp³-hybridized carbons (Fsp3) is 0.833. The number of rotatable bonds is 4. The number of amides is 1. The summed E-state index contributed by atoms with van der Waals surface area (Å²) in [6, 6.07) is 0. The molecule has 0 radical (unpaired) electrons. The number of aliphatic hydroxyl groups is 1. The quantitative estimate of drug-likeness (QED) is 0.413. The van der Waals surface area contributed by atoms with Crippen LogP contribution in [0.1, 0.15) is 20.3 Å². The van der Waals surface area contributed by atoms with Crippen LogP contribution in [0.3, 0.4) is 0 Å². The normalized spacial score (nSPS) is 11.0. The van der Waals surface area contributed by atoms with Crippen LogP contribution in [-0.4, -0.2) is 23.7 Å². The third-order valence-corrected chi connectivity index (χ3v) is 0.964. The Morgan fingerprint density at radius 2 is 2.22 bits per heavy atom. The first-order valence-electron chi connectivity index (χ1n) is 2.96. The molecule has 1 amide bonds. The summed E-state index contributed by atoms with van der Waals surface area (Å²) < 4.78 is 0. The first-order valence-corrected chi connectivity index (χ1v) is 2.96. The molecule has 9 heavy (non-hydrogen) atoms. The first kappa shape index (κ1) is 8.43. The fourth-order valence-corrected chi connectivity index (χ4v) is 0.437. The van der Waals surface area contributed by atoms with Gasteiger partial charge in [0.05, 0.1) is 5.60 Å². The van der Waals surface area contributed by atoms with Gasteiger partial charge in [-0.05, 0) is 20.3 Å². The van der Waals surface area contributed by atoms with E-state index >= 15 is 0 Å². The van der Waals surface area contributed by atoms with Crippen molar-refractivity contribution in [2.45, 2.75) is 25.9 Å². The molecule has 2 N–H and O–H groups in total. The summed E-state index contributed by atoms with van der Waals surface area (Å²) in [6.07, 6.45) is 1.22. The lowest BCUT2D eigenvalue weighted by Crippen LogP contribution is -2.25. The van der Waals surface area contributed by atoms with Crippen molar-refractivity contribution in [1.82, 2.24) is 5.32 Å². The van der Waals surface area contributed by atoms with Crippen LogP contribution in [0.15, 0.2) is 0 Å². The van der Waals surface area contributed by atoms with E-state index in [2.05, 4.69) is 5.32 Å². The Morgan fingerprint density at radius 1 is 1.67 bits per heavy atom. The van der Waals surface area contributed by atoms with E-state index < -0.39 is 5.60 Å². The summed E-state index contributed by atoms with van der Waals surface area (Å²) in [4.78, 5) is 9.70. The van der Waals surface area contributed by atoms with E-state index in [-0.39, 0.29) is 0 Å². The van der Waals surface area contributed by atoms with Crippen molar-refractivity contribution in [1.29, 1.82) is 0 Å². The SMILES string of the molecule is CC(C)(O)CCNC=O. The van der Waals surface area contributed by atoms with Crippen LogP contribution >= 0.6 is 0 Å². The van der Waals surface area contributed by atoms with E-state index in [1.165, 1.54) is 0 Å². The van der Waals surface area contributed by atoms with Gasteiger partial charge in [0, 0.05) is 6.54 Å². The van der Waals surface area contributed by atoms with E-state index in [9.17, 15) is 4.79 Å².